The zero-order valence-electron chi connectivity index (χ0n) is 16.1. The number of benzene rings is 2. The predicted octanol–water partition coefficient (Wildman–Crippen LogP) is 4.42. The van der Waals surface area contributed by atoms with Crippen LogP contribution in [0.25, 0.3) is 11.8 Å². The number of amides is 1. The van der Waals surface area contributed by atoms with Crippen LogP contribution in [0, 0.1) is 13.8 Å². The van der Waals surface area contributed by atoms with E-state index in [-0.39, 0.29) is 11.7 Å². The molecule has 0 spiro atoms. The fraction of sp³-hybridized carbons (Fsp3) is 0.182. The molecule has 1 N–H and O–H groups in total. The highest BCUT2D eigenvalue weighted by Crippen LogP contribution is 2.18. The van der Waals surface area contributed by atoms with Crippen LogP contribution in [0.3, 0.4) is 0 Å². The van der Waals surface area contributed by atoms with Gasteiger partial charge in [-0.3, -0.25) is 4.79 Å². The summed E-state index contributed by atoms with van der Waals surface area (Å²) in [7, 11) is 0. The average Bonchev–Trinajstić information content (AvgIpc) is 2.99. The molecule has 0 bridgehead atoms. The summed E-state index contributed by atoms with van der Waals surface area (Å²) in [5.74, 6) is -0.188. The van der Waals surface area contributed by atoms with Gasteiger partial charge in [-0.25, -0.2) is 4.68 Å². The molecule has 1 aromatic heterocycles. The smallest absolute Gasteiger partial charge is 0.387 e. The van der Waals surface area contributed by atoms with E-state index in [1.54, 1.807) is 18.2 Å². The van der Waals surface area contributed by atoms with E-state index >= 15 is 0 Å². The zero-order valence-corrected chi connectivity index (χ0v) is 16.1. The molecule has 2 aromatic carbocycles. The van der Waals surface area contributed by atoms with Crippen molar-refractivity contribution in [2.24, 2.45) is 0 Å². The monoisotopic (exact) mass is 397 g/mol. The first-order valence-corrected chi connectivity index (χ1v) is 9.05. The Morgan fingerprint density at radius 2 is 1.83 bits per heavy atom. The Morgan fingerprint density at radius 1 is 1.14 bits per heavy atom. The Kier molecular flexibility index (Phi) is 6.39. The molecule has 0 saturated carbocycles. The first kappa shape index (κ1) is 20.3. The van der Waals surface area contributed by atoms with Crippen molar-refractivity contribution in [3.63, 3.8) is 0 Å². The van der Waals surface area contributed by atoms with E-state index in [0.717, 1.165) is 22.6 Å². The molecule has 0 radical (unpaired) electrons. The molecule has 0 aliphatic carbocycles. The number of carbonyl (C=O) groups excluding carboxylic acids is 1. The maximum atomic E-state index is 12.2. The van der Waals surface area contributed by atoms with Gasteiger partial charge >= 0.3 is 6.61 Å². The molecular formula is C22H21F2N3O2. The molecule has 3 rings (SSSR count). The van der Waals surface area contributed by atoms with Crippen LogP contribution >= 0.6 is 0 Å². The number of nitrogens with zero attached hydrogens (tertiary/aromatic N) is 2. The number of alkyl halides is 2. The Bertz CT molecular complexity index is 997. The van der Waals surface area contributed by atoms with Crippen LogP contribution in [-0.2, 0) is 11.3 Å². The van der Waals surface area contributed by atoms with Gasteiger partial charge in [-0.15, -0.1) is 0 Å². The molecule has 29 heavy (non-hydrogen) atoms. The molecule has 1 heterocycles. The Labute approximate surface area is 167 Å². The van der Waals surface area contributed by atoms with Crippen molar-refractivity contribution in [3.05, 3.63) is 83.2 Å². The van der Waals surface area contributed by atoms with E-state index in [2.05, 4.69) is 15.2 Å². The minimum atomic E-state index is -2.86. The van der Waals surface area contributed by atoms with Gasteiger partial charge in [0.25, 0.3) is 0 Å². The van der Waals surface area contributed by atoms with Crippen molar-refractivity contribution in [2.75, 3.05) is 0 Å². The minimum absolute atomic E-state index is 0.0722. The summed E-state index contributed by atoms with van der Waals surface area (Å²) in [6, 6.07) is 15.8. The van der Waals surface area contributed by atoms with Crippen LogP contribution in [0.2, 0.25) is 0 Å². The molecule has 0 atom stereocenters. The van der Waals surface area contributed by atoms with Crippen molar-refractivity contribution in [1.82, 2.24) is 15.1 Å². The normalized spacial score (nSPS) is 11.2. The Hall–Kier alpha value is -3.48. The molecule has 7 heteroatoms. The van der Waals surface area contributed by atoms with Gasteiger partial charge in [0.05, 0.1) is 11.4 Å². The number of hydrogen-bond acceptors (Lipinski definition) is 3. The van der Waals surface area contributed by atoms with E-state index in [0.29, 0.717) is 12.1 Å². The van der Waals surface area contributed by atoms with E-state index in [4.69, 9.17) is 0 Å². The van der Waals surface area contributed by atoms with Crippen molar-refractivity contribution in [1.29, 1.82) is 0 Å². The molecule has 0 fully saturated rings. The van der Waals surface area contributed by atoms with Crippen LogP contribution in [0.1, 0.15) is 22.5 Å². The van der Waals surface area contributed by atoms with E-state index in [1.165, 1.54) is 18.2 Å². The number of rotatable bonds is 7. The van der Waals surface area contributed by atoms with Crippen molar-refractivity contribution in [3.8, 4) is 11.4 Å². The highest BCUT2D eigenvalue weighted by Gasteiger charge is 2.13. The number of carbonyl (C=O) groups is 1. The van der Waals surface area contributed by atoms with Crippen molar-refractivity contribution in [2.45, 2.75) is 27.0 Å². The summed E-state index contributed by atoms with van der Waals surface area (Å²) in [6.45, 7) is 1.37. The summed E-state index contributed by atoms with van der Waals surface area (Å²) in [5, 5.41) is 7.41. The maximum absolute atomic E-state index is 12.2. The molecule has 0 unspecified atom stereocenters. The predicted molar refractivity (Wildman–Crippen MR) is 107 cm³/mol. The molecule has 150 valence electrons. The third-order valence-electron chi connectivity index (χ3n) is 4.41. The van der Waals surface area contributed by atoms with Gasteiger partial charge in [-0.05, 0) is 49.8 Å². The molecule has 0 saturated heterocycles. The standard InChI is InChI=1S/C22H21F2N3O2/c1-15-20(16(2)27(26-15)18-6-4-3-5-7-18)14-25-21(28)13-10-17-8-11-19(12-9-17)29-22(23)24/h3-13,22H,14H2,1-2H3,(H,25,28)/b13-10-. The van der Waals surface area contributed by atoms with Gasteiger partial charge in [0.1, 0.15) is 5.75 Å². The fourth-order valence-electron chi connectivity index (χ4n) is 2.92. The van der Waals surface area contributed by atoms with Gasteiger partial charge in [0.15, 0.2) is 0 Å². The summed E-state index contributed by atoms with van der Waals surface area (Å²) in [6.07, 6.45) is 3.00. The number of nitrogens with one attached hydrogen (secondary N) is 1. The summed E-state index contributed by atoms with van der Waals surface area (Å²) < 4.78 is 30.5. The summed E-state index contributed by atoms with van der Waals surface area (Å²) in [5.41, 5.74) is 4.44. The molecule has 1 amide bonds. The second kappa shape index (κ2) is 9.14. The lowest BCUT2D eigenvalue weighted by atomic mass is 10.2. The molecule has 0 aliphatic heterocycles. The molecule has 3 aromatic rings. The van der Waals surface area contributed by atoms with Crippen molar-refractivity contribution < 1.29 is 18.3 Å². The lowest BCUT2D eigenvalue weighted by molar-refractivity contribution is -0.116. The van der Waals surface area contributed by atoms with Crippen LogP contribution in [0.4, 0.5) is 8.78 Å². The number of aryl methyl sites for hydroxylation is 1. The zero-order chi connectivity index (χ0) is 20.8. The van der Waals surface area contributed by atoms with Gasteiger partial charge in [-0.1, -0.05) is 30.3 Å². The quantitative estimate of drug-likeness (QED) is 0.601. The number of para-hydroxylation sites is 1. The Morgan fingerprint density at radius 3 is 2.48 bits per heavy atom. The minimum Gasteiger partial charge on any atom is -0.435 e. The topological polar surface area (TPSA) is 56.2 Å². The van der Waals surface area contributed by atoms with Crippen LogP contribution < -0.4 is 10.1 Å². The molecule has 5 nitrogen and oxygen atoms in total. The molecular weight excluding hydrogens is 376 g/mol. The van der Waals surface area contributed by atoms with Crippen LogP contribution in [-0.4, -0.2) is 22.3 Å². The SMILES string of the molecule is Cc1nn(-c2ccccc2)c(C)c1CNC(=O)/C=C\c1ccc(OC(F)F)cc1. The maximum Gasteiger partial charge on any atom is 0.387 e. The first-order valence-electron chi connectivity index (χ1n) is 9.05. The Balaban J connectivity index is 1.61. The first-order chi connectivity index (χ1) is 13.9. The van der Waals surface area contributed by atoms with E-state index in [9.17, 15) is 13.6 Å². The van der Waals surface area contributed by atoms with Gasteiger partial charge < -0.3 is 10.1 Å². The number of aromatic nitrogens is 2. The third kappa shape index (κ3) is 5.28. The van der Waals surface area contributed by atoms with Crippen LogP contribution in [0.5, 0.6) is 5.75 Å². The summed E-state index contributed by atoms with van der Waals surface area (Å²) in [4.78, 5) is 12.2. The second-order valence-corrected chi connectivity index (χ2v) is 6.40. The van der Waals surface area contributed by atoms with Gasteiger partial charge in [-0.2, -0.15) is 13.9 Å². The lowest BCUT2D eigenvalue weighted by Gasteiger charge is -2.06. The van der Waals surface area contributed by atoms with Gasteiger partial charge in [0, 0.05) is 23.9 Å². The van der Waals surface area contributed by atoms with E-state index < -0.39 is 6.61 Å². The highest BCUT2D eigenvalue weighted by atomic mass is 19.3. The number of ether oxygens (including phenoxy) is 1. The fourth-order valence-corrected chi connectivity index (χ4v) is 2.92. The average molecular weight is 397 g/mol. The highest BCUT2D eigenvalue weighted by molar-refractivity contribution is 5.91. The largest absolute Gasteiger partial charge is 0.435 e. The molecule has 0 aliphatic rings. The van der Waals surface area contributed by atoms with Crippen molar-refractivity contribution >= 4 is 12.0 Å². The second-order valence-electron chi connectivity index (χ2n) is 6.40. The van der Waals surface area contributed by atoms with E-state index in [1.807, 2.05) is 48.9 Å². The number of hydrogen-bond donors (Lipinski definition) is 1. The van der Waals surface area contributed by atoms with Gasteiger partial charge in [0.2, 0.25) is 5.91 Å². The number of halogens is 2. The lowest BCUT2D eigenvalue weighted by Crippen LogP contribution is -2.21. The third-order valence-corrected chi connectivity index (χ3v) is 4.41. The van der Waals surface area contributed by atoms with Crippen LogP contribution in [0.15, 0.2) is 60.7 Å². The summed E-state index contributed by atoms with van der Waals surface area (Å²) >= 11 is 0.